The van der Waals surface area contributed by atoms with Gasteiger partial charge in [-0.25, -0.2) is 0 Å². The van der Waals surface area contributed by atoms with Crippen LogP contribution in [0.15, 0.2) is 17.6 Å². The molecule has 0 saturated carbocycles. The first-order valence-corrected chi connectivity index (χ1v) is 5.77. The summed E-state index contributed by atoms with van der Waals surface area (Å²) in [4.78, 5) is 12.4. The number of H-pyrrole nitrogens is 1. The molecule has 0 unspecified atom stereocenters. The summed E-state index contributed by atoms with van der Waals surface area (Å²) >= 11 is 1.32. The Bertz CT molecular complexity index is 502. The Morgan fingerprint density at radius 2 is 2.50 bits per heavy atom. The predicted octanol–water partition coefficient (Wildman–Crippen LogP) is 1.87. The van der Waals surface area contributed by atoms with Crippen molar-refractivity contribution in [2.45, 2.75) is 13.3 Å². The van der Waals surface area contributed by atoms with Gasteiger partial charge in [-0.2, -0.15) is 5.10 Å². The summed E-state index contributed by atoms with van der Waals surface area (Å²) in [6.07, 6.45) is 2.51. The summed E-state index contributed by atoms with van der Waals surface area (Å²) in [5.41, 5.74) is 7.14. The minimum absolute atomic E-state index is 0.202. The molecular formula is C10H12N4OS. The number of carbonyl (C=O) groups excluding carboxylic acids is 1. The van der Waals surface area contributed by atoms with Gasteiger partial charge in [-0.05, 0) is 17.9 Å². The zero-order valence-corrected chi connectivity index (χ0v) is 9.60. The first-order chi connectivity index (χ1) is 7.72. The summed E-state index contributed by atoms with van der Waals surface area (Å²) in [6.45, 7) is 2.00. The van der Waals surface area contributed by atoms with Crippen molar-refractivity contribution in [2.75, 3.05) is 11.1 Å². The van der Waals surface area contributed by atoms with Crippen LogP contribution in [0.2, 0.25) is 0 Å². The maximum absolute atomic E-state index is 11.8. The lowest BCUT2D eigenvalue weighted by atomic mass is 10.2. The van der Waals surface area contributed by atoms with E-state index in [0.717, 1.165) is 12.0 Å². The van der Waals surface area contributed by atoms with E-state index in [1.54, 1.807) is 17.6 Å². The molecule has 0 aromatic carbocycles. The molecule has 2 aromatic rings. The molecule has 2 heterocycles. The van der Waals surface area contributed by atoms with Gasteiger partial charge in [-0.15, -0.1) is 11.3 Å². The number of aryl methyl sites for hydroxylation is 1. The van der Waals surface area contributed by atoms with E-state index in [9.17, 15) is 4.79 Å². The van der Waals surface area contributed by atoms with Crippen LogP contribution in [0.4, 0.5) is 11.5 Å². The van der Waals surface area contributed by atoms with Gasteiger partial charge >= 0.3 is 0 Å². The van der Waals surface area contributed by atoms with E-state index in [0.29, 0.717) is 16.4 Å². The fourth-order valence-corrected chi connectivity index (χ4v) is 2.07. The van der Waals surface area contributed by atoms with Gasteiger partial charge in [0.1, 0.15) is 10.7 Å². The van der Waals surface area contributed by atoms with Gasteiger partial charge < -0.3 is 11.1 Å². The van der Waals surface area contributed by atoms with Crippen molar-refractivity contribution in [3.63, 3.8) is 0 Å². The van der Waals surface area contributed by atoms with Gasteiger partial charge in [0.05, 0.1) is 11.9 Å². The smallest absolute Gasteiger partial charge is 0.268 e. The lowest BCUT2D eigenvalue weighted by Gasteiger charge is -2.03. The largest absolute Gasteiger partial charge is 0.397 e. The van der Waals surface area contributed by atoms with E-state index in [1.165, 1.54) is 11.3 Å². The maximum atomic E-state index is 11.8. The highest BCUT2D eigenvalue weighted by Gasteiger charge is 2.13. The van der Waals surface area contributed by atoms with Gasteiger partial charge in [0, 0.05) is 5.56 Å². The molecule has 0 radical (unpaired) electrons. The average molecular weight is 236 g/mol. The van der Waals surface area contributed by atoms with Gasteiger partial charge in [0.25, 0.3) is 5.91 Å². The molecule has 2 aromatic heterocycles. The van der Waals surface area contributed by atoms with Crippen molar-refractivity contribution in [2.24, 2.45) is 0 Å². The van der Waals surface area contributed by atoms with Crippen LogP contribution in [-0.4, -0.2) is 16.1 Å². The van der Waals surface area contributed by atoms with E-state index < -0.39 is 0 Å². The minimum atomic E-state index is -0.202. The van der Waals surface area contributed by atoms with Crippen LogP contribution in [0.5, 0.6) is 0 Å². The molecule has 0 aliphatic rings. The zero-order valence-electron chi connectivity index (χ0n) is 8.78. The van der Waals surface area contributed by atoms with Crippen LogP contribution < -0.4 is 11.1 Å². The minimum Gasteiger partial charge on any atom is -0.397 e. The summed E-state index contributed by atoms with van der Waals surface area (Å²) in [7, 11) is 0. The number of nitrogens with one attached hydrogen (secondary N) is 2. The number of nitrogens with two attached hydrogens (primary N) is 1. The van der Waals surface area contributed by atoms with E-state index in [-0.39, 0.29) is 5.91 Å². The molecule has 0 atom stereocenters. The van der Waals surface area contributed by atoms with Crippen molar-refractivity contribution < 1.29 is 4.79 Å². The number of aromatic nitrogens is 2. The number of rotatable bonds is 3. The lowest BCUT2D eigenvalue weighted by Crippen LogP contribution is -2.13. The van der Waals surface area contributed by atoms with Crippen molar-refractivity contribution in [3.8, 4) is 0 Å². The van der Waals surface area contributed by atoms with Crippen molar-refractivity contribution in [1.82, 2.24) is 10.2 Å². The highest BCUT2D eigenvalue weighted by molar-refractivity contribution is 7.12. The second-order valence-electron chi connectivity index (χ2n) is 3.28. The Labute approximate surface area is 96.7 Å². The standard InChI is InChI=1S/C10H12N4OS/c1-2-6-5-12-14-9(6)13-10(15)8-7(11)3-4-16-8/h3-5H,2,11H2,1H3,(H2,12,13,14,15). The van der Waals surface area contributed by atoms with Gasteiger partial charge in [-0.1, -0.05) is 6.92 Å². The van der Waals surface area contributed by atoms with E-state index in [1.807, 2.05) is 6.92 Å². The lowest BCUT2D eigenvalue weighted by molar-refractivity contribution is 0.103. The monoisotopic (exact) mass is 236 g/mol. The number of hydrogen-bond acceptors (Lipinski definition) is 4. The molecule has 2 rings (SSSR count). The first kappa shape index (κ1) is 10.7. The molecule has 0 aliphatic heterocycles. The molecule has 0 aliphatic carbocycles. The molecule has 5 nitrogen and oxygen atoms in total. The van der Waals surface area contributed by atoms with Gasteiger partial charge in [0.2, 0.25) is 0 Å². The zero-order chi connectivity index (χ0) is 11.5. The molecular weight excluding hydrogens is 224 g/mol. The van der Waals surface area contributed by atoms with Crippen LogP contribution in [0.1, 0.15) is 22.2 Å². The highest BCUT2D eigenvalue weighted by Crippen LogP contribution is 2.21. The Kier molecular flexibility index (Phi) is 2.91. The normalized spacial score (nSPS) is 10.3. The molecule has 16 heavy (non-hydrogen) atoms. The third-order valence-electron chi connectivity index (χ3n) is 2.24. The number of thiophene rings is 1. The Morgan fingerprint density at radius 3 is 3.12 bits per heavy atom. The maximum Gasteiger partial charge on any atom is 0.268 e. The summed E-state index contributed by atoms with van der Waals surface area (Å²) in [5.74, 6) is 0.437. The van der Waals surface area contributed by atoms with Crippen LogP contribution in [0.3, 0.4) is 0 Å². The number of nitrogen functional groups attached to an aromatic ring is 1. The van der Waals surface area contributed by atoms with Crippen molar-refractivity contribution in [3.05, 3.63) is 28.1 Å². The third-order valence-corrected chi connectivity index (χ3v) is 3.17. The van der Waals surface area contributed by atoms with E-state index in [4.69, 9.17) is 5.73 Å². The number of aromatic amines is 1. The number of carbonyl (C=O) groups is 1. The Balaban J connectivity index is 2.17. The predicted molar refractivity (Wildman–Crippen MR) is 64.7 cm³/mol. The SMILES string of the molecule is CCc1cn[nH]c1NC(=O)c1sccc1N. The summed E-state index contributed by atoms with van der Waals surface area (Å²) < 4.78 is 0. The van der Waals surface area contributed by atoms with Crippen LogP contribution >= 0.6 is 11.3 Å². The number of anilines is 2. The molecule has 0 fully saturated rings. The average Bonchev–Trinajstić information content (AvgIpc) is 2.86. The fourth-order valence-electron chi connectivity index (χ4n) is 1.36. The van der Waals surface area contributed by atoms with Crippen LogP contribution in [-0.2, 0) is 6.42 Å². The molecule has 4 N–H and O–H groups in total. The molecule has 0 saturated heterocycles. The fraction of sp³-hybridized carbons (Fsp3) is 0.200. The topological polar surface area (TPSA) is 83.8 Å². The van der Waals surface area contributed by atoms with Gasteiger partial charge in [-0.3, -0.25) is 9.89 Å². The molecule has 6 heteroatoms. The van der Waals surface area contributed by atoms with E-state index in [2.05, 4.69) is 15.5 Å². The van der Waals surface area contributed by atoms with Crippen LogP contribution in [0, 0.1) is 0 Å². The quantitative estimate of drug-likeness (QED) is 0.760. The Morgan fingerprint density at radius 1 is 1.69 bits per heavy atom. The molecule has 1 amide bonds. The molecule has 84 valence electrons. The summed E-state index contributed by atoms with van der Waals surface area (Å²) in [5, 5.41) is 11.2. The number of hydrogen-bond donors (Lipinski definition) is 3. The number of amides is 1. The Hall–Kier alpha value is -1.82. The van der Waals surface area contributed by atoms with Crippen LogP contribution in [0.25, 0.3) is 0 Å². The first-order valence-electron chi connectivity index (χ1n) is 4.89. The second kappa shape index (κ2) is 4.36. The highest BCUT2D eigenvalue weighted by atomic mass is 32.1. The second-order valence-corrected chi connectivity index (χ2v) is 4.20. The van der Waals surface area contributed by atoms with Gasteiger partial charge in [0.15, 0.2) is 0 Å². The summed E-state index contributed by atoms with van der Waals surface area (Å²) in [6, 6.07) is 1.72. The third kappa shape index (κ3) is 1.92. The number of nitrogens with zero attached hydrogens (tertiary/aromatic N) is 1. The van der Waals surface area contributed by atoms with Crippen molar-refractivity contribution in [1.29, 1.82) is 0 Å². The van der Waals surface area contributed by atoms with E-state index >= 15 is 0 Å². The molecule has 0 spiro atoms. The molecule has 0 bridgehead atoms. The van der Waals surface area contributed by atoms with Crippen molar-refractivity contribution >= 4 is 28.7 Å².